The molecule has 4 unspecified atom stereocenters. The first kappa shape index (κ1) is 31.8. The number of hydrogen-bond donors (Lipinski definition) is 7. The van der Waals surface area contributed by atoms with E-state index < -0.39 is 60.2 Å². The summed E-state index contributed by atoms with van der Waals surface area (Å²) in [6, 6.07) is 10.1. The topological polar surface area (TPSA) is 214 Å². The van der Waals surface area contributed by atoms with Gasteiger partial charge in [-0.2, -0.15) is 0 Å². The predicted molar refractivity (Wildman–Crippen MR) is 147 cm³/mol. The molecule has 0 aromatic heterocycles. The van der Waals surface area contributed by atoms with Crippen LogP contribution in [0.25, 0.3) is 0 Å². The molecule has 12 heteroatoms. The minimum Gasteiger partial charge on any atom is -0.508 e. The number of nitrogens with two attached hydrogens (primary N) is 2. The van der Waals surface area contributed by atoms with Crippen molar-refractivity contribution in [1.82, 2.24) is 16.0 Å². The van der Waals surface area contributed by atoms with Gasteiger partial charge in [-0.05, 0) is 42.0 Å². The first-order valence-electron chi connectivity index (χ1n) is 12.8. The van der Waals surface area contributed by atoms with Crippen LogP contribution in [-0.4, -0.2) is 64.0 Å². The normalized spacial score (nSPS) is 13.9. The monoisotopic (exact) mass is 555 g/mol. The highest BCUT2D eigenvalue weighted by atomic mass is 16.4. The zero-order valence-electron chi connectivity index (χ0n) is 22.5. The van der Waals surface area contributed by atoms with E-state index in [1.807, 2.05) is 13.8 Å². The fraction of sp³-hybridized carbons (Fsp3) is 0.393. The molecule has 4 amide bonds. The standard InChI is InChI=1S/C28H37N5O7/c1-16(2)12-21(31-25(36)20(29)13-18-8-10-19(34)11-9-18)26(37)32-22(14-17-6-4-3-5-7-17)27(38)33-23(28(39)40)15-24(30)35/h3-11,16,20-23,34H,12-15,29H2,1-2H3,(H2,30,35)(H,31,36)(H,32,37)(H,33,38)(H,39,40). The molecule has 0 saturated carbocycles. The Morgan fingerprint density at radius 3 is 1.82 bits per heavy atom. The summed E-state index contributed by atoms with van der Waals surface area (Å²) in [5.74, 6) is -4.37. The van der Waals surface area contributed by atoms with Gasteiger partial charge in [0.2, 0.25) is 23.6 Å². The van der Waals surface area contributed by atoms with Crippen LogP contribution in [0.5, 0.6) is 5.75 Å². The van der Waals surface area contributed by atoms with Crippen molar-refractivity contribution < 1.29 is 34.2 Å². The summed E-state index contributed by atoms with van der Waals surface area (Å²) in [4.78, 5) is 62.2. The van der Waals surface area contributed by atoms with Crippen molar-refractivity contribution in [2.24, 2.45) is 17.4 Å². The third kappa shape index (κ3) is 10.7. The van der Waals surface area contributed by atoms with Crippen molar-refractivity contribution in [3.63, 3.8) is 0 Å². The molecule has 2 aromatic carbocycles. The van der Waals surface area contributed by atoms with Gasteiger partial charge < -0.3 is 37.6 Å². The summed E-state index contributed by atoms with van der Waals surface area (Å²) >= 11 is 0. The molecular weight excluding hydrogens is 518 g/mol. The second-order valence-electron chi connectivity index (χ2n) is 9.99. The Morgan fingerprint density at radius 1 is 0.750 bits per heavy atom. The number of hydrogen-bond acceptors (Lipinski definition) is 7. The highest BCUT2D eigenvalue weighted by Gasteiger charge is 2.31. The highest BCUT2D eigenvalue weighted by Crippen LogP contribution is 2.12. The molecule has 2 rings (SSSR count). The molecule has 0 heterocycles. The van der Waals surface area contributed by atoms with Gasteiger partial charge in [-0.15, -0.1) is 0 Å². The minimum absolute atomic E-state index is 0.0160. The summed E-state index contributed by atoms with van der Waals surface area (Å²) in [6.07, 6.45) is -0.206. The molecule has 40 heavy (non-hydrogen) atoms. The lowest BCUT2D eigenvalue weighted by Gasteiger charge is -2.26. The van der Waals surface area contributed by atoms with Crippen molar-refractivity contribution in [1.29, 1.82) is 0 Å². The number of phenolic OH excluding ortho intramolecular Hbond substituents is 1. The van der Waals surface area contributed by atoms with Crippen molar-refractivity contribution >= 4 is 29.6 Å². The van der Waals surface area contributed by atoms with Gasteiger partial charge in [-0.1, -0.05) is 56.3 Å². The van der Waals surface area contributed by atoms with Crippen LogP contribution in [0.2, 0.25) is 0 Å². The minimum atomic E-state index is -1.58. The number of nitrogens with one attached hydrogen (secondary N) is 3. The van der Waals surface area contributed by atoms with E-state index in [4.69, 9.17) is 11.5 Å². The van der Waals surface area contributed by atoms with Gasteiger partial charge in [-0.25, -0.2) is 4.79 Å². The number of benzene rings is 2. The molecule has 0 aliphatic rings. The maximum atomic E-state index is 13.4. The van der Waals surface area contributed by atoms with Crippen LogP contribution in [0, 0.1) is 5.92 Å². The summed E-state index contributed by atoms with van der Waals surface area (Å²) in [6.45, 7) is 3.72. The molecule has 0 aliphatic heterocycles. The van der Waals surface area contributed by atoms with Crippen LogP contribution >= 0.6 is 0 Å². The lowest BCUT2D eigenvalue weighted by molar-refractivity contribution is -0.143. The smallest absolute Gasteiger partial charge is 0.326 e. The fourth-order valence-electron chi connectivity index (χ4n) is 3.97. The highest BCUT2D eigenvalue weighted by molar-refractivity contribution is 5.95. The van der Waals surface area contributed by atoms with E-state index in [1.165, 1.54) is 12.1 Å². The third-order valence-corrected chi connectivity index (χ3v) is 6.00. The molecule has 0 aliphatic carbocycles. The maximum Gasteiger partial charge on any atom is 0.326 e. The zero-order chi connectivity index (χ0) is 29.8. The summed E-state index contributed by atoms with van der Waals surface area (Å²) in [5, 5.41) is 26.4. The predicted octanol–water partition coefficient (Wildman–Crippen LogP) is -0.0348. The summed E-state index contributed by atoms with van der Waals surface area (Å²) in [7, 11) is 0. The SMILES string of the molecule is CC(C)CC(NC(=O)C(N)Cc1ccc(O)cc1)C(=O)NC(Cc1ccccc1)C(=O)NC(CC(N)=O)C(=O)O. The zero-order valence-corrected chi connectivity index (χ0v) is 22.5. The Bertz CT molecular complexity index is 1170. The van der Waals surface area contributed by atoms with E-state index in [0.717, 1.165) is 0 Å². The van der Waals surface area contributed by atoms with Gasteiger partial charge >= 0.3 is 5.97 Å². The average molecular weight is 556 g/mol. The Kier molecular flexibility index (Phi) is 12.1. The van der Waals surface area contributed by atoms with Crippen LogP contribution in [0.4, 0.5) is 0 Å². The van der Waals surface area contributed by atoms with E-state index in [1.54, 1.807) is 42.5 Å². The van der Waals surface area contributed by atoms with Gasteiger partial charge in [0.05, 0.1) is 12.5 Å². The van der Waals surface area contributed by atoms with Crippen molar-refractivity contribution in [2.75, 3.05) is 0 Å². The summed E-state index contributed by atoms with van der Waals surface area (Å²) < 4.78 is 0. The van der Waals surface area contributed by atoms with E-state index in [2.05, 4.69) is 16.0 Å². The Hall–Kier alpha value is -4.45. The first-order chi connectivity index (χ1) is 18.8. The van der Waals surface area contributed by atoms with Gasteiger partial charge in [0, 0.05) is 6.42 Å². The molecule has 0 fully saturated rings. The molecule has 0 saturated heterocycles. The Labute approximate surface area is 232 Å². The molecule has 12 nitrogen and oxygen atoms in total. The quantitative estimate of drug-likeness (QED) is 0.158. The van der Waals surface area contributed by atoms with Crippen molar-refractivity contribution in [3.8, 4) is 5.75 Å². The Morgan fingerprint density at radius 2 is 1.27 bits per heavy atom. The number of carbonyl (C=O) groups is 5. The number of carboxylic acid groups (broad SMARTS) is 1. The van der Waals surface area contributed by atoms with Crippen LogP contribution in [-0.2, 0) is 36.8 Å². The second kappa shape index (κ2) is 15.2. The van der Waals surface area contributed by atoms with E-state index in [9.17, 15) is 34.2 Å². The maximum absolute atomic E-state index is 13.4. The van der Waals surface area contributed by atoms with Crippen LogP contribution in [0.15, 0.2) is 54.6 Å². The molecule has 0 spiro atoms. The number of carboxylic acids is 1. The lowest BCUT2D eigenvalue weighted by Crippen LogP contribution is -2.58. The number of primary amides is 1. The molecule has 4 atom stereocenters. The number of aliphatic carboxylic acids is 1. The van der Waals surface area contributed by atoms with Crippen molar-refractivity contribution in [2.45, 2.75) is 63.7 Å². The first-order valence-corrected chi connectivity index (χ1v) is 12.8. The lowest BCUT2D eigenvalue weighted by atomic mass is 10.00. The van der Waals surface area contributed by atoms with E-state index in [0.29, 0.717) is 11.1 Å². The van der Waals surface area contributed by atoms with Crippen LogP contribution in [0.3, 0.4) is 0 Å². The largest absolute Gasteiger partial charge is 0.508 e. The number of phenols is 1. The summed E-state index contributed by atoms with van der Waals surface area (Å²) in [5.41, 5.74) is 12.6. The Balaban J connectivity index is 2.20. The molecular formula is C28H37N5O7. The molecule has 9 N–H and O–H groups in total. The van der Waals surface area contributed by atoms with E-state index >= 15 is 0 Å². The van der Waals surface area contributed by atoms with Gasteiger partial charge in [0.25, 0.3) is 0 Å². The van der Waals surface area contributed by atoms with Gasteiger partial charge in [0.1, 0.15) is 23.9 Å². The number of rotatable bonds is 15. The average Bonchev–Trinajstić information content (AvgIpc) is 2.88. The molecule has 0 bridgehead atoms. The van der Waals surface area contributed by atoms with Gasteiger partial charge in [-0.3, -0.25) is 19.2 Å². The molecule has 216 valence electrons. The van der Waals surface area contributed by atoms with Crippen LogP contribution < -0.4 is 27.4 Å². The molecule has 0 radical (unpaired) electrons. The van der Waals surface area contributed by atoms with Crippen molar-refractivity contribution in [3.05, 3.63) is 65.7 Å². The van der Waals surface area contributed by atoms with Crippen LogP contribution in [0.1, 0.15) is 37.8 Å². The number of amides is 4. The second-order valence-corrected chi connectivity index (χ2v) is 9.99. The number of aromatic hydroxyl groups is 1. The fourth-order valence-corrected chi connectivity index (χ4v) is 3.97. The van der Waals surface area contributed by atoms with E-state index in [-0.39, 0.29) is 30.9 Å². The number of carbonyl (C=O) groups excluding carboxylic acids is 4. The van der Waals surface area contributed by atoms with Gasteiger partial charge in [0.15, 0.2) is 0 Å². The molecule has 2 aromatic rings. The third-order valence-electron chi connectivity index (χ3n) is 6.00.